The summed E-state index contributed by atoms with van der Waals surface area (Å²) in [6.45, 7) is 2.33. The van der Waals surface area contributed by atoms with E-state index in [0.717, 1.165) is 17.8 Å². The maximum absolute atomic E-state index is 13.1. The number of thioether (sulfide) groups is 1. The minimum Gasteiger partial charge on any atom is -0.492 e. The SMILES string of the molecule is CCOc1ccccc1-n1nnnc1SCc1ccccc1C(F)(F)F. The lowest BCUT2D eigenvalue weighted by atomic mass is 10.1. The van der Waals surface area contributed by atoms with Crippen molar-refractivity contribution in [2.45, 2.75) is 24.0 Å². The van der Waals surface area contributed by atoms with Crippen molar-refractivity contribution in [2.75, 3.05) is 6.61 Å². The van der Waals surface area contributed by atoms with Gasteiger partial charge in [-0.2, -0.15) is 17.9 Å². The zero-order valence-electron chi connectivity index (χ0n) is 13.8. The number of tetrazole rings is 1. The van der Waals surface area contributed by atoms with Gasteiger partial charge in [-0.3, -0.25) is 0 Å². The van der Waals surface area contributed by atoms with Crippen LogP contribution in [0.15, 0.2) is 53.7 Å². The first-order valence-corrected chi connectivity index (χ1v) is 8.77. The second kappa shape index (κ2) is 7.77. The Morgan fingerprint density at radius 2 is 1.81 bits per heavy atom. The van der Waals surface area contributed by atoms with E-state index in [-0.39, 0.29) is 11.3 Å². The van der Waals surface area contributed by atoms with Crippen LogP contribution in [0.1, 0.15) is 18.1 Å². The molecule has 3 rings (SSSR count). The van der Waals surface area contributed by atoms with Gasteiger partial charge in [0.1, 0.15) is 11.4 Å². The summed E-state index contributed by atoms with van der Waals surface area (Å²) in [4.78, 5) is 0. The van der Waals surface area contributed by atoms with Crippen LogP contribution in [-0.4, -0.2) is 26.8 Å². The molecule has 0 aliphatic heterocycles. The molecular formula is C17H15F3N4OS. The molecular weight excluding hydrogens is 365 g/mol. The van der Waals surface area contributed by atoms with Crippen molar-refractivity contribution in [2.24, 2.45) is 0 Å². The first-order valence-electron chi connectivity index (χ1n) is 7.79. The van der Waals surface area contributed by atoms with Crippen molar-refractivity contribution in [1.82, 2.24) is 20.2 Å². The van der Waals surface area contributed by atoms with Gasteiger partial charge in [0.05, 0.1) is 12.2 Å². The quantitative estimate of drug-likeness (QED) is 0.595. The molecule has 0 fully saturated rings. The summed E-state index contributed by atoms with van der Waals surface area (Å²) in [7, 11) is 0. The number of ether oxygens (including phenoxy) is 1. The smallest absolute Gasteiger partial charge is 0.416 e. The van der Waals surface area contributed by atoms with Gasteiger partial charge in [0.15, 0.2) is 0 Å². The highest BCUT2D eigenvalue weighted by atomic mass is 32.2. The molecule has 0 amide bonds. The number of rotatable bonds is 6. The van der Waals surface area contributed by atoms with Crippen molar-refractivity contribution in [3.05, 3.63) is 59.7 Å². The molecule has 136 valence electrons. The Kier molecular flexibility index (Phi) is 5.46. The lowest BCUT2D eigenvalue weighted by Gasteiger charge is -2.13. The third kappa shape index (κ3) is 3.98. The Morgan fingerprint density at radius 1 is 1.08 bits per heavy atom. The monoisotopic (exact) mass is 380 g/mol. The van der Waals surface area contributed by atoms with Crippen LogP contribution in [0.25, 0.3) is 5.69 Å². The molecule has 1 heterocycles. The van der Waals surface area contributed by atoms with E-state index in [1.165, 1.54) is 16.8 Å². The average molecular weight is 380 g/mol. The molecule has 0 radical (unpaired) electrons. The Morgan fingerprint density at radius 3 is 2.58 bits per heavy atom. The van der Waals surface area contributed by atoms with E-state index < -0.39 is 11.7 Å². The topological polar surface area (TPSA) is 52.8 Å². The molecule has 5 nitrogen and oxygen atoms in total. The van der Waals surface area contributed by atoms with Crippen LogP contribution in [0.2, 0.25) is 0 Å². The minimum absolute atomic E-state index is 0.0901. The Bertz CT molecular complexity index is 882. The Balaban J connectivity index is 1.86. The number of hydrogen-bond donors (Lipinski definition) is 0. The first kappa shape index (κ1) is 18.2. The summed E-state index contributed by atoms with van der Waals surface area (Å²) in [6.07, 6.45) is -4.40. The maximum Gasteiger partial charge on any atom is 0.416 e. The van der Waals surface area contributed by atoms with Crippen LogP contribution in [-0.2, 0) is 11.9 Å². The van der Waals surface area contributed by atoms with Crippen LogP contribution in [0.3, 0.4) is 0 Å². The van der Waals surface area contributed by atoms with Crippen LogP contribution in [0.4, 0.5) is 13.2 Å². The van der Waals surface area contributed by atoms with Crippen LogP contribution < -0.4 is 4.74 Å². The van der Waals surface area contributed by atoms with Gasteiger partial charge >= 0.3 is 6.18 Å². The zero-order chi connectivity index (χ0) is 18.6. The van der Waals surface area contributed by atoms with Gasteiger partial charge in [0, 0.05) is 5.75 Å². The summed E-state index contributed by atoms with van der Waals surface area (Å²) in [5, 5.41) is 11.9. The molecule has 2 aromatic carbocycles. The van der Waals surface area contributed by atoms with Gasteiger partial charge < -0.3 is 4.74 Å². The van der Waals surface area contributed by atoms with E-state index in [1.807, 2.05) is 19.1 Å². The van der Waals surface area contributed by atoms with Crippen molar-refractivity contribution >= 4 is 11.8 Å². The Hall–Kier alpha value is -2.55. The standard InChI is InChI=1S/C17H15F3N4OS/c1-2-25-15-10-6-5-9-14(15)24-16(21-22-23-24)26-11-12-7-3-4-8-13(12)17(18,19)20/h3-10H,2,11H2,1H3. The summed E-state index contributed by atoms with van der Waals surface area (Å²) < 4.78 is 46.4. The number of hydrogen-bond acceptors (Lipinski definition) is 5. The number of aromatic nitrogens is 4. The fraction of sp³-hybridized carbons (Fsp3) is 0.235. The van der Waals surface area contributed by atoms with E-state index in [9.17, 15) is 13.2 Å². The first-order chi connectivity index (χ1) is 12.5. The normalized spacial score (nSPS) is 11.5. The van der Waals surface area contributed by atoms with Crippen molar-refractivity contribution in [3.63, 3.8) is 0 Å². The highest BCUT2D eigenvalue weighted by molar-refractivity contribution is 7.98. The van der Waals surface area contributed by atoms with E-state index >= 15 is 0 Å². The molecule has 3 aromatic rings. The fourth-order valence-electron chi connectivity index (χ4n) is 2.39. The number of para-hydroxylation sites is 2. The van der Waals surface area contributed by atoms with Crippen molar-refractivity contribution in [3.8, 4) is 11.4 Å². The largest absolute Gasteiger partial charge is 0.492 e. The molecule has 0 aliphatic carbocycles. The van der Waals surface area contributed by atoms with Gasteiger partial charge in [-0.05, 0) is 41.1 Å². The lowest BCUT2D eigenvalue weighted by molar-refractivity contribution is -0.138. The highest BCUT2D eigenvalue weighted by Gasteiger charge is 2.32. The van der Waals surface area contributed by atoms with E-state index in [0.29, 0.717) is 23.2 Å². The zero-order valence-corrected chi connectivity index (χ0v) is 14.6. The second-order valence-corrected chi connectivity index (χ2v) is 6.16. The predicted molar refractivity (Wildman–Crippen MR) is 91.3 cm³/mol. The number of halogens is 3. The molecule has 9 heteroatoms. The van der Waals surface area contributed by atoms with Gasteiger partial charge in [-0.15, -0.1) is 5.10 Å². The predicted octanol–water partition coefficient (Wildman–Crippen LogP) is 4.37. The second-order valence-electron chi connectivity index (χ2n) is 5.22. The third-order valence-electron chi connectivity index (χ3n) is 3.51. The van der Waals surface area contributed by atoms with E-state index in [2.05, 4.69) is 15.5 Å². The van der Waals surface area contributed by atoms with E-state index in [4.69, 9.17) is 4.74 Å². The fourth-order valence-corrected chi connectivity index (χ4v) is 3.28. The molecule has 0 bridgehead atoms. The third-order valence-corrected chi connectivity index (χ3v) is 4.48. The molecule has 0 N–H and O–H groups in total. The van der Waals surface area contributed by atoms with Gasteiger partial charge in [-0.1, -0.05) is 42.1 Å². The molecule has 0 unspecified atom stereocenters. The Labute approximate surface area is 152 Å². The highest BCUT2D eigenvalue weighted by Crippen LogP contribution is 2.35. The number of benzene rings is 2. The molecule has 26 heavy (non-hydrogen) atoms. The van der Waals surface area contributed by atoms with Crippen molar-refractivity contribution in [1.29, 1.82) is 0 Å². The molecule has 1 aromatic heterocycles. The minimum atomic E-state index is -4.40. The summed E-state index contributed by atoms with van der Waals surface area (Å²) in [5.41, 5.74) is 0.157. The van der Waals surface area contributed by atoms with Gasteiger partial charge in [0.2, 0.25) is 5.16 Å². The molecule has 0 atom stereocenters. The van der Waals surface area contributed by atoms with Gasteiger partial charge in [0.25, 0.3) is 0 Å². The average Bonchev–Trinajstić information content (AvgIpc) is 3.08. The summed E-state index contributed by atoms with van der Waals surface area (Å²) >= 11 is 1.13. The van der Waals surface area contributed by atoms with Crippen LogP contribution in [0, 0.1) is 0 Å². The summed E-state index contributed by atoms with van der Waals surface area (Å²) in [5.74, 6) is 0.687. The van der Waals surface area contributed by atoms with Crippen molar-refractivity contribution < 1.29 is 17.9 Å². The molecule has 0 saturated heterocycles. The maximum atomic E-state index is 13.1. The molecule has 0 aliphatic rings. The van der Waals surface area contributed by atoms with E-state index in [1.54, 1.807) is 18.2 Å². The van der Waals surface area contributed by atoms with Crippen LogP contribution in [0.5, 0.6) is 5.75 Å². The molecule has 0 saturated carbocycles. The lowest BCUT2D eigenvalue weighted by Crippen LogP contribution is -2.08. The molecule has 0 spiro atoms. The summed E-state index contributed by atoms with van der Waals surface area (Å²) in [6, 6.07) is 12.7. The van der Waals surface area contributed by atoms with Gasteiger partial charge in [-0.25, -0.2) is 0 Å². The number of alkyl halides is 3. The number of nitrogens with zero attached hydrogens (tertiary/aromatic N) is 4. The van der Waals surface area contributed by atoms with Crippen LogP contribution >= 0.6 is 11.8 Å².